The van der Waals surface area contributed by atoms with Gasteiger partial charge < -0.3 is 14.9 Å². The Bertz CT molecular complexity index is 325. The van der Waals surface area contributed by atoms with Crippen molar-refractivity contribution in [3.63, 3.8) is 0 Å². The summed E-state index contributed by atoms with van der Waals surface area (Å²) in [7, 11) is 0. The predicted octanol–water partition coefficient (Wildman–Crippen LogP) is 1.77. The van der Waals surface area contributed by atoms with E-state index in [0.717, 1.165) is 5.56 Å². The van der Waals surface area contributed by atoms with Crippen molar-refractivity contribution in [3.05, 3.63) is 35.9 Å². The molecule has 1 rings (SSSR count). The zero-order chi connectivity index (χ0) is 12.9. The summed E-state index contributed by atoms with van der Waals surface area (Å²) in [6.45, 7) is 5.53. The van der Waals surface area contributed by atoms with Gasteiger partial charge in [0.05, 0.1) is 24.4 Å². The summed E-state index contributed by atoms with van der Waals surface area (Å²) in [5.74, 6) is 0. The van der Waals surface area contributed by atoms with Crippen LogP contribution in [-0.2, 0) is 11.2 Å². The minimum Gasteiger partial charge on any atom is -0.388 e. The van der Waals surface area contributed by atoms with Gasteiger partial charge in [-0.2, -0.15) is 0 Å². The molecule has 17 heavy (non-hydrogen) atoms. The third-order valence-corrected chi connectivity index (χ3v) is 2.30. The molecule has 0 heterocycles. The van der Waals surface area contributed by atoms with E-state index in [1.165, 1.54) is 0 Å². The standard InChI is InChI=1S/C14H22O3/c1-13(2,15)10-17-11-14(3,16)9-12-7-5-4-6-8-12/h4-8,15-16H,9-11H2,1-3H3. The highest BCUT2D eigenvalue weighted by molar-refractivity contribution is 5.16. The molecule has 0 fully saturated rings. The fourth-order valence-electron chi connectivity index (χ4n) is 1.61. The van der Waals surface area contributed by atoms with Crippen molar-refractivity contribution < 1.29 is 14.9 Å². The molecule has 3 heteroatoms. The molecule has 0 amide bonds. The topological polar surface area (TPSA) is 49.7 Å². The van der Waals surface area contributed by atoms with Gasteiger partial charge in [0, 0.05) is 6.42 Å². The summed E-state index contributed by atoms with van der Waals surface area (Å²) in [6.07, 6.45) is 0.541. The van der Waals surface area contributed by atoms with Gasteiger partial charge in [-0.3, -0.25) is 0 Å². The van der Waals surface area contributed by atoms with Gasteiger partial charge in [0.15, 0.2) is 0 Å². The maximum absolute atomic E-state index is 10.2. The Morgan fingerprint density at radius 2 is 1.59 bits per heavy atom. The van der Waals surface area contributed by atoms with Crippen LogP contribution in [-0.4, -0.2) is 34.6 Å². The van der Waals surface area contributed by atoms with Crippen molar-refractivity contribution in [3.8, 4) is 0 Å². The van der Waals surface area contributed by atoms with E-state index in [9.17, 15) is 10.2 Å². The first-order chi connectivity index (χ1) is 7.79. The van der Waals surface area contributed by atoms with Gasteiger partial charge in [-0.05, 0) is 26.3 Å². The second kappa shape index (κ2) is 5.63. The highest BCUT2D eigenvalue weighted by atomic mass is 16.5. The molecule has 2 N–H and O–H groups in total. The largest absolute Gasteiger partial charge is 0.388 e. The van der Waals surface area contributed by atoms with Crippen molar-refractivity contribution in [1.82, 2.24) is 0 Å². The third-order valence-electron chi connectivity index (χ3n) is 2.30. The SMILES string of the molecule is CC(C)(O)COCC(C)(O)Cc1ccccc1. The van der Waals surface area contributed by atoms with Crippen LogP contribution in [0.2, 0.25) is 0 Å². The van der Waals surface area contributed by atoms with E-state index in [0.29, 0.717) is 6.42 Å². The van der Waals surface area contributed by atoms with Gasteiger partial charge in [-0.15, -0.1) is 0 Å². The molecular weight excluding hydrogens is 216 g/mol. The zero-order valence-corrected chi connectivity index (χ0v) is 10.8. The predicted molar refractivity (Wildman–Crippen MR) is 67.9 cm³/mol. The quantitative estimate of drug-likeness (QED) is 0.794. The first kappa shape index (κ1) is 14.2. The molecular formula is C14H22O3. The van der Waals surface area contributed by atoms with Crippen molar-refractivity contribution >= 4 is 0 Å². The molecule has 0 aliphatic rings. The number of hydrogen-bond donors (Lipinski definition) is 2. The number of ether oxygens (including phenoxy) is 1. The Balaban J connectivity index is 2.41. The van der Waals surface area contributed by atoms with Gasteiger partial charge in [0.1, 0.15) is 0 Å². The van der Waals surface area contributed by atoms with Crippen LogP contribution >= 0.6 is 0 Å². The average Bonchev–Trinajstić information content (AvgIpc) is 2.15. The maximum Gasteiger partial charge on any atom is 0.0892 e. The molecule has 3 nitrogen and oxygen atoms in total. The van der Waals surface area contributed by atoms with E-state index in [1.807, 2.05) is 30.3 Å². The van der Waals surface area contributed by atoms with E-state index in [2.05, 4.69) is 0 Å². The molecule has 0 saturated carbocycles. The number of benzene rings is 1. The monoisotopic (exact) mass is 238 g/mol. The molecule has 0 radical (unpaired) electrons. The second-order valence-electron chi connectivity index (χ2n) is 5.46. The lowest BCUT2D eigenvalue weighted by atomic mass is 9.97. The van der Waals surface area contributed by atoms with E-state index < -0.39 is 11.2 Å². The third kappa shape index (κ3) is 6.41. The van der Waals surface area contributed by atoms with E-state index in [4.69, 9.17) is 4.74 Å². The first-order valence-corrected chi connectivity index (χ1v) is 5.85. The molecule has 0 aromatic heterocycles. The first-order valence-electron chi connectivity index (χ1n) is 5.85. The Morgan fingerprint density at radius 1 is 1.00 bits per heavy atom. The molecule has 0 bridgehead atoms. The lowest BCUT2D eigenvalue weighted by Gasteiger charge is -2.25. The minimum atomic E-state index is -0.910. The highest BCUT2D eigenvalue weighted by Crippen LogP contribution is 2.14. The average molecular weight is 238 g/mol. The minimum absolute atomic E-state index is 0.214. The summed E-state index contributed by atoms with van der Waals surface area (Å²) < 4.78 is 5.34. The highest BCUT2D eigenvalue weighted by Gasteiger charge is 2.23. The van der Waals surface area contributed by atoms with Gasteiger partial charge in [-0.1, -0.05) is 30.3 Å². The number of rotatable bonds is 6. The van der Waals surface area contributed by atoms with Crippen molar-refractivity contribution in [2.75, 3.05) is 13.2 Å². The van der Waals surface area contributed by atoms with Gasteiger partial charge in [-0.25, -0.2) is 0 Å². The Kier molecular flexibility index (Phi) is 4.69. The normalized spacial score (nSPS) is 15.6. The summed E-state index contributed by atoms with van der Waals surface area (Å²) in [6, 6.07) is 9.80. The fourth-order valence-corrected chi connectivity index (χ4v) is 1.61. The fraction of sp³-hybridized carbons (Fsp3) is 0.571. The molecule has 1 unspecified atom stereocenters. The molecule has 0 spiro atoms. The van der Waals surface area contributed by atoms with Crippen LogP contribution < -0.4 is 0 Å². The van der Waals surface area contributed by atoms with Gasteiger partial charge >= 0.3 is 0 Å². The summed E-state index contributed by atoms with van der Waals surface area (Å²) in [5, 5.41) is 19.7. The van der Waals surface area contributed by atoms with Gasteiger partial charge in [0.2, 0.25) is 0 Å². The summed E-state index contributed by atoms with van der Waals surface area (Å²) in [4.78, 5) is 0. The molecule has 1 atom stereocenters. The van der Waals surface area contributed by atoms with E-state index in [1.54, 1.807) is 20.8 Å². The summed E-state index contributed by atoms with van der Waals surface area (Å²) >= 11 is 0. The lowest BCUT2D eigenvalue weighted by Crippen LogP contribution is -2.36. The van der Waals surface area contributed by atoms with E-state index >= 15 is 0 Å². The van der Waals surface area contributed by atoms with Crippen LogP contribution in [0.5, 0.6) is 0 Å². The molecule has 96 valence electrons. The van der Waals surface area contributed by atoms with Crippen LogP contribution in [0.3, 0.4) is 0 Å². The lowest BCUT2D eigenvalue weighted by molar-refractivity contribution is -0.0777. The van der Waals surface area contributed by atoms with E-state index in [-0.39, 0.29) is 13.2 Å². The molecule has 0 saturated heterocycles. The smallest absolute Gasteiger partial charge is 0.0892 e. The van der Waals surface area contributed by atoms with Crippen LogP contribution in [0.4, 0.5) is 0 Å². The summed E-state index contributed by atoms with van der Waals surface area (Å²) in [5.41, 5.74) is -0.695. The molecule has 1 aromatic carbocycles. The molecule has 0 aliphatic carbocycles. The maximum atomic E-state index is 10.2. The van der Waals surface area contributed by atoms with Crippen molar-refractivity contribution in [1.29, 1.82) is 0 Å². The Hall–Kier alpha value is -0.900. The Labute approximate surface area is 103 Å². The number of aliphatic hydroxyl groups is 2. The second-order valence-corrected chi connectivity index (χ2v) is 5.46. The van der Waals surface area contributed by atoms with Crippen LogP contribution in [0.25, 0.3) is 0 Å². The number of hydrogen-bond acceptors (Lipinski definition) is 3. The van der Waals surface area contributed by atoms with Crippen LogP contribution in [0.1, 0.15) is 26.3 Å². The van der Waals surface area contributed by atoms with Crippen LogP contribution in [0.15, 0.2) is 30.3 Å². The molecule has 1 aromatic rings. The van der Waals surface area contributed by atoms with Crippen molar-refractivity contribution in [2.45, 2.75) is 38.4 Å². The van der Waals surface area contributed by atoms with Gasteiger partial charge in [0.25, 0.3) is 0 Å². The van der Waals surface area contributed by atoms with Crippen LogP contribution in [0, 0.1) is 0 Å². The Morgan fingerprint density at radius 3 is 2.12 bits per heavy atom. The molecule has 0 aliphatic heterocycles. The van der Waals surface area contributed by atoms with Crippen molar-refractivity contribution in [2.24, 2.45) is 0 Å². The zero-order valence-electron chi connectivity index (χ0n) is 10.8.